The lowest BCUT2D eigenvalue weighted by Crippen LogP contribution is -2.20. The van der Waals surface area contributed by atoms with Crippen LogP contribution in [0.2, 0.25) is 0 Å². The molecule has 3 rings (SSSR count). The van der Waals surface area contributed by atoms with Gasteiger partial charge in [-0.25, -0.2) is 8.78 Å². The fourth-order valence-electron chi connectivity index (χ4n) is 2.78. The first kappa shape index (κ1) is 16.1. The van der Waals surface area contributed by atoms with Crippen LogP contribution in [-0.2, 0) is 12.0 Å². The van der Waals surface area contributed by atoms with Crippen LogP contribution in [0.15, 0.2) is 22.7 Å². The summed E-state index contributed by atoms with van der Waals surface area (Å²) in [7, 11) is 0. The molecule has 6 heteroatoms. The molecule has 0 saturated carbocycles. The fourth-order valence-corrected chi connectivity index (χ4v) is 2.78. The summed E-state index contributed by atoms with van der Waals surface area (Å²) in [4.78, 5) is 6.71. The molecule has 1 fully saturated rings. The number of hydrogen-bond donors (Lipinski definition) is 0. The summed E-state index contributed by atoms with van der Waals surface area (Å²) in [6.07, 6.45) is 0.926. The molecule has 0 radical (unpaired) electrons. The van der Waals surface area contributed by atoms with Crippen molar-refractivity contribution in [2.45, 2.75) is 45.1 Å². The van der Waals surface area contributed by atoms with Gasteiger partial charge in [-0.3, -0.25) is 4.90 Å². The number of hydrogen-bond acceptors (Lipinski definition) is 4. The van der Waals surface area contributed by atoms with E-state index < -0.39 is 11.6 Å². The summed E-state index contributed by atoms with van der Waals surface area (Å²) >= 11 is 0. The van der Waals surface area contributed by atoms with Crippen LogP contribution >= 0.6 is 0 Å². The van der Waals surface area contributed by atoms with E-state index in [1.54, 1.807) is 6.07 Å². The molecule has 4 nitrogen and oxygen atoms in total. The number of likely N-dealkylation sites (tertiary alicyclic amines) is 1. The summed E-state index contributed by atoms with van der Waals surface area (Å²) in [5.74, 6) is -0.0308. The summed E-state index contributed by atoms with van der Waals surface area (Å²) in [5.41, 5.74) is 0.636. The van der Waals surface area contributed by atoms with Crippen molar-refractivity contribution in [2.75, 3.05) is 13.1 Å². The highest BCUT2D eigenvalue weighted by Gasteiger charge is 2.30. The molecule has 0 aliphatic carbocycles. The van der Waals surface area contributed by atoms with E-state index in [0.29, 0.717) is 18.3 Å². The quantitative estimate of drug-likeness (QED) is 0.865. The Morgan fingerprint density at radius 3 is 2.70 bits per heavy atom. The molecule has 0 unspecified atom stereocenters. The van der Waals surface area contributed by atoms with Crippen molar-refractivity contribution in [3.63, 3.8) is 0 Å². The van der Waals surface area contributed by atoms with Gasteiger partial charge in [0.1, 0.15) is 0 Å². The number of nitrogens with zero attached hydrogens (tertiary/aromatic N) is 3. The lowest BCUT2D eigenvalue weighted by Gasteiger charge is -2.15. The number of benzene rings is 1. The highest BCUT2D eigenvalue weighted by atomic mass is 19.2. The Balaban J connectivity index is 1.64. The predicted molar refractivity (Wildman–Crippen MR) is 82.0 cm³/mol. The average molecular weight is 321 g/mol. The third-order valence-corrected chi connectivity index (χ3v) is 4.12. The average Bonchev–Trinajstić information content (AvgIpc) is 3.11. The van der Waals surface area contributed by atoms with Gasteiger partial charge in [0.2, 0.25) is 5.89 Å². The standard InChI is InChI=1S/C17H21F2N3O/c1-17(2,3)16-20-15(23-21-16)12-6-7-22(10-12)9-11-4-5-13(18)14(19)8-11/h4-5,8,12H,6-7,9-10H2,1-3H3/t12-/m0/s1. The number of rotatable bonds is 3. The van der Waals surface area contributed by atoms with E-state index in [1.165, 1.54) is 12.1 Å². The van der Waals surface area contributed by atoms with Crippen molar-refractivity contribution in [1.29, 1.82) is 0 Å². The Labute approximate surface area is 134 Å². The van der Waals surface area contributed by atoms with Gasteiger partial charge in [-0.05, 0) is 30.7 Å². The molecule has 1 aromatic carbocycles. The zero-order chi connectivity index (χ0) is 16.6. The van der Waals surface area contributed by atoms with Crippen molar-refractivity contribution >= 4 is 0 Å². The first-order chi connectivity index (χ1) is 10.8. The van der Waals surface area contributed by atoms with Gasteiger partial charge in [0.15, 0.2) is 17.5 Å². The minimum Gasteiger partial charge on any atom is -0.339 e. The van der Waals surface area contributed by atoms with E-state index in [4.69, 9.17) is 4.52 Å². The fraction of sp³-hybridized carbons (Fsp3) is 0.529. The van der Waals surface area contributed by atoms with Crippen LogP contribution in [-0.4, -0.2) is 28.1 Å². The van der Waals surface area contributed by atoms with Gasteiger partial charge >= 0.3 is 0 Å². The minimum absolute atomic E-state index is 0.133. The van der Waals surface area contributed by atoms with Gasteiger partial charge in [0.05, 0.1) is 5.92 Å². The summed E-state index contributed by atoms with van der Waals surface area (Å²) in [5, 5.41) is 4.07. The number of aromatic nitrogens is 2. The third kappa shape index (κ3) is 3.58. The van der Waals surface area contributed by atoms with Crippen LogP contribution in [0.5, 0.6) is 0 Å². The largest absolute Gasteiger partial charge is 0.339 e. The Kier molecular flexibility index (Phi) is 4.19. The zero-order valence-electron chi connectivity index (χ0n) is 13.6. The SMILES string of the molecule is CC(C)(C)c1noc([C@H]2CCN(Cc3ccc(F)c(F)c3)C2)n1. The van der Waals surface area contributed by atoms with Gasteiger partial charge in [-0.1, -0.05) is 32.0 Å². The van der Waals surface area contributed by atoms with Crippen LogP contribution in [0.25, 0.3) is 0 Å². The topological polar surface area (TPSA) is 42.2 Å². The second kappa shape index (κ2) is 6.00. The molecule has 2 heterocycles. The maximum atomic E-state index is 13.3. The highest BCUT2D eigenvalue weighted by molar-refractivity contribution is 5.18. The Morgan fingerprint density at radius 2 is 2.04 bits per heavy atom. The highest BCUT2D eigenvalue weighted by Crippen LogP contribution is 2.29. The van der Waals surface area contributed by atoms with Gasteiger partial charge in [-0.2, -0.15) is 4.98 Å². The molecule has 1 aromatic heterocycles. The van der Waals surface area contributed by atoms with E-state index in [1.807, 2.05) is 20.8 Å². The molecule has 124 valence electrons. The molecule has 1 aliphatic heterocycles. The van der Waals surface area contributed by atoms with Gasteiger partial charge in [0, 0.05) is 18.5 Å². The maximum absolute atomic E-state index is 13.3. The van der Waals surface area contributed by atoms with Crippen molar-refractivity contribution in [3.05, 3.63) is 47.1 Å². The Morgan fingerprint density at radius 1 is 1.26 bits per heavy atom. The second-order valence-electron chi connectivity index (χ2n) is 7.18. The van der Waals surface area contributed by atoms with E-state index in [0.717, 1.165) is 25.1 Å². The van der Waals surface area contributed by atoms with Gasteiger partial charge in [0.25, 0.3) is 0 Å². The van der Waals surface area contributed by atoms with Crippen LogP contribution in [0, 0.1) is 11.6 Å². The summed E-state index contributed by atoms with van der Waals surface area (Å²) in [6, 6.07) is 4.05. The van der Waals surface area contributed by atoms with Crippen molar-refractivity contribution in [3.8, 4) is 0 Å². The van der Waals surface area contributed by atoms with E-state index in [9.17, 15) is 8.78 Å². The lowest BCUT2D eigenvalue weighted by atomic mass is 9.96. The van der Waals surface area contributed by atoms with Gasteiger partial charge in [-0.15, -0.1) is 0 Å². The van der Waals surface area contributed by atoms with Crippen LogP contribution < -0.4 is 0 Å². The van der Waals surface area contributed by atoms with Crippen LogP contribution in [0.3, 0.4) is 0 Å². The van der Waals surface area contributed by atoms with E-state index in [-0.39, 0.29) is 11.3 Å². The molecule has 1 saturated heterocycles. The molecular weight excluding hydrogens is 300 g/mol. The Hall–Kier alpha value is -1.82. The molecule has 23 heavy (non-hydrogen) atoms. The van der Waals surface area contributed by atoms with Gasteiger partial charge < -0.3 is 4.52 Å². The normalized spacial score (nSPS) is 19.4. The molecule has 0 amide bonds. The first-order valence-electron chi connectivity index (χ1n) is 7.83. The summed E-state index contributed by atoms with van der Waals surface area (Å²) in [6.45, 7) is 8.39. The zero-order valence-corrected chi connectivity index (χ0v) is 13.6. The number of halogens is 2. The molecule has 0 N–H and O–H groups in total. The maximum Gasteiger partial charge on any atom is 0.231 e. The molecule has 0 bridgehead atoms. The molecule has 2 aromatic rings. The van der Waals surface area contributed by atoms with Crippen molar-refractivity contribution < 1.29 is 13.3 Å². The monoisotopic (exact) mass is 321 g/mol. The molecule has 1 atom stereocenters. The molecule has 1 aliphatic rings. The second-order valence-corrected chi connectivity index (χ2v) is 7.18. The minimum atomic E-state index is -0.811. The lowest BCUT2D eigenvalue weighted by molar-refractivity contribution is 0.306. The first-order valence-corrected chi connectivity index (χ1v) is 7.83. The smallest absolute Gasteiger partial charge is 0.231 e. The summed E-state index contributed by atoms with van der Waals surface area (Å²) < 4.78 is 31.7. The van der Waals surface area contributed by atoms with Crippen LogP contribution in [0.4, 0.5) is 8.78 Å². The molecular formula is C17H21F2N3O. The Bertz CT molecular complexity index is 693. The van der Waals surface area contributed by atoms with E-state index >= 15 is 0 Å². The molecule has 0 spiro atoms. The van der Waals surface area contributed by atoms with Crippen molar-refractivity contribution in [1.82, 2.24) is 15.0 Å². The van der Waals surface area contributed by atoms with Crippen LogP contribution in [0.1, 0.15) is 50.4 Å². The van der Waals surface area contributed by atoms with E-state index in [2.05, 4.69) is 15.0 Å². The van der Waals surface area contributed by atoms with Crippen molar-refractivity contribution in [2.24, 2.45) is 0 Å². The third-order valence-electron chi connectivity index (χ3n) is 4.12. The predicted octanol–water partition coefficient (Wildman–Crippen LogP) is 3.63.